The van der Waals surface area contributed by atoms with E-state index in [2.05, 4.69) is 5.32 Å². The molecule has 2 aliphatic heterocycles. The molecule has 0 bridgehead atoms. The highest BCUT2D eigenvalue weighted by Gasteiger charge is 2.37. The summed E-state index contributed by atoms with van der Waals surface area (Å²) in [5.74, 6) is -1.07. The molecule has 22 heavy (non-hydrogen) atoms. The molecule has 5 nitrogen and oxygen atoms in total. The summed E-state index contributed by atoms with van der Waals surface area (Å²) in [5, 5.41) is 3.21. The topological polar surface area (TPSA) is 52.7 Å². The van der Waals surface area contributed by atoms with E-state index >= 15 is 0 Å². The van der Waals surface area contributed by atoms with Crippen molar-refractivity contribution in [3.8, 4) is 0 Å². The lowest BCUT2D eigenvalue weighted by molar-refractivity contribution is -0.136. The minimum Gasteiger partial charge on any atom is -0.340 e. The van der Waals surface area contributed by atoms with Crippen molar-refractivity contribution in [2.45, 2.75) is 6.42 Å². The molecule has 1 N–H and O–H groups in total. The number of halogens is 2. The van der Waals surface area contributed by atoms with Gasteiger partial charge in [-0.3, -0.25) is 9.59 Å². The molecule has 2 fully saturated rings. The molecule has 0 saturated carbocycles. The highest BCUT2D eigenvalue weighted by Crippen LogP contribution is 2.28. The van der Waals surface area contributed by atoms with Gasteiger partial charge < -0.3 is 15.1 Å². The Labute approximate surface area is 133 Å². The van der Waals surface area contributed by atoms with Gasteiger partial charge in [0.2, 0.25) is 11.8 Å². The predicted octanol–water partition coefficient (Wildman–Crippen LogP) is 1.26. The molecule has 2 heterocycles. The van der Waals surface area contributed by atoms with Crippen LogP contribution in [-0.4, -0.2) is 49.4 Å². The molecule has 0 aromatic heterocycles. The van der Waals surface area contributed by atoms with Crippen molar-refractivity contribution in [1.29, 1.82) is 0 Å². The lowest BCUT2D eigenvalue weighted by Crippen LogP contribution is -2.48. The number of carbonyl (C=O) groups excluding carboxylic acids is 2. The lowest BCUT2D eigenvalue weighted by Gasteiger charge is -2.29. The molecular weight excluding hydrogens is 309 g/mol. The third-order valence-electron chi connectivity index (χ3n) is 4.12. The van der Waals surface area contributed by atoms with Crippen LogP contribution in [0.3, 0.4) is 0 Å². The van der Waals surface area contributed by atoms with Crippen LogP contribution in [0, 0.1) is 11.7 Å². The van der Waals surface area contributed by atoms with Gasteiger partial charge in [-0.05, 0) is 18.2 Å². The second-order valence-corrected chi connectivity index (χ2v) is 5.99. The molecule has 3 rings (SSSR count). The van der Waals surface area contributed by atoms with Crippen LogP contribution in [-0.2, 0) is 9.59 Å². The van der Waals surface area contributed by atoms with Gasteiger partial charge in [-0.1, -0.05) is 11.6 Å². The van der Waals surface area contributed by atoms with Gasteiger partial charge in [-0.25, -0.2) is 4.39 Å². The number of piperazine rings is 1. The molecule has 1 unspecified atom stereocenters. The summed E-state index contributed by atoms with van der Waals surface area (Å²) >= 11 is 5.66. The zero-order chi connectivity index (χ0) is 15.7. The lowest BCUT2D eigenvalue weighted by atomic mass is 10.1. The van der Waals surface area contributed by atoms with Crippen molar-refractivity contribution in [1.82, 2.24) is 10.2 Å². The van der Waals surface area contributed by atoms with Gasteiger partial charge in [0.1, 0.15) is 5.82 Å². The van der Waals surface area contributed by atoms with Gasteiger partial charge in [0, 0.05) is 44.8 Å². The Hall–Kier alpha value is -1.66. The highest BCUT2D eigenvalue weighted by atomic mass is 35.5. The molecule has 1 atom stereocenters. The van der Waals surface area contributed by atoms with Crippen LogP contribution in [0.15, 0.2) is 18.2 Å². The molecule has 0 spiro atoms. The monoisotopic (exact) mass is 325 g/mol. The van der Waals surface area contributed by atoms with E-state index in [0.717, 1.165) is 13.1 Å². The summed E-state index contributed by atoms with van der Waals surface area (Å²) in [7, 11) is 0. The van der Waals surface area contributed by atoms with E-state index in [0.29, 0.717) is 25.3 Å². The molecule has 0 aliphatic carbocycles. The van der Waals surface area contributed by atoms with E-state index in [9.17, 15) is 14.0 Å². The Morgan fingerprint density at radius 2 is 2.05 bits per heavy atom. The maximum Gasteiger partial charge on any atom is 0.228 e. The van der Waals surface area contributed by atoms with Crippen LogP contribution in [0.2, 0.25) is 5.02 Å². The Balaban J connectivity index is 1.72. The fraction of sp³-hybridized carbons (Fsp3) is 0.467. The van der Waals surface area contributed by atoms with Crippen LogP contribution in [0.5, 0.6) is 0 Å². The van der Waals surface area contributed by atoms with Crippen molar-refractivity contribution in [2.24, 2.45) is 5.92 Å². The van der Waals surface area contributed by atoms with Crippen molar-refractivity contribution < 1.29 is 14.0 Å². The Kier molecular flexibility index (Phi) is 4.31. The summed E-state index contributed by atoms with van der Waals surface area (Å²) in [6.07, 6.45) is 0.174. The highest BCUT2D eigenvalue weighted by molar-refractivity contribution is 6.30. The number of rotatable bonds is 2. The number of nitrogens with zero attached hydrogens (tertiary/aromatic N) is 2. The first kappa shape index (κ1) is 15.2. The number of carbonyl (C=O) groups is 2. The number of nitrogens with one attached hydrogen (secondary N) is 1. The second kappa shape index (κ2) is 6.22. The molecule has 1 aromatic carbocycles. The molecule has 2 amide bonds. The van der Waals surface area contributed by atoms with Gasteiger partial charge in [-0.2, -0.15) is 0 Å². The van der Waals surface area contributed by atoms with Crippen molar-refractivity contribution in [3.05, 3.63) is 29.0 Å². The third-order valence-corrected chi connectivity index (χ3v) is 4.42. The molecule has 0 radical (unpaired) electrons. The van der Waals surface area contributed by atoms with E-state index in [4.69, 9.17) is 11.6 Å². The predicted molar refractivity (Wildman–Crippen MR) is 81.3 cm³/mol. The number of hydrogen-bond acceptors (Lipinski definition) is 3. The number of benzene rings is 1. The minimum atomic E-state index is -0.566. The largest absolute Gasteiger partial charge is 0.340 e. The summed E-state index contributed by atoms with van der Waals surface area (Å²) in [4.78, 5) is 27.9. The quantitative estimate of drug-likeness (QED) is 0.891. The molecule has 2 aliphatic rings. The second-order valence-electron chi connectivity index (χ2n) is 5.58. The Morgan fingerprint density at radius 1 is 1.32 bits per heavy atom. The van der Waals surface area contributed by atoms with Gasteiger partial charge in [-0.15, -0.1) is 0 Å². The smallest absolute Gasteiger partial charge is 0.228 e. The Bertz CT molecular complexity index is 604. The van der Waals surface area contributed by atoms with E-state index in [1.165, 1.54) is 17.0 Å². The van der Waals surface area contributed by atoms with E-state index in [1.807, 2.05) is 0 Å². The van der Waals surface area contributed by atoms with E-state index < -0.39 is 5.82 Å². The fourth-order valence-electron chi connectivity index (χ4n) is 2.92. The first-order valence-corrected chi connectivity index (χ1v) is 7.69. The zero-order valence-corrected chi connectivity index (χ0v) is 12.8. The molecule has 2 saturated heterocycles. The van der Waals surface area contributed by atoms with Gasteiger partial charge >= 0.3 is 0 Å². The van der Waals surface area contributed by atoms with Crippen LogP contribution in [0.1, 0.15) is 6.42 Å². The SMILES string of the molecule is O=C(C1CC(=O)N(c2ccc(Cl)c(F)c2)C1)N1CCNCC1. The zero-order valence-electron chi connectivity index (χ0n) is 12.0. The van der Waals surface area contributed by atoms with Crippen LogP contribution in [0.4, 0.5) is 10.1 Å². The molecule has 118 valence electrons. The standard InChI is InChI=1S/C15H17ClFN3O2/c16-12-2-1-11(8-13(12)17)20-9-10(7-14(20)21)15(22)19-5-3-18-4-6-19/h1-2,8,10,18H,3-7,9H2. The van der Waals surface area contributed by atoms with E-state index in [1.54, 1.807) is 11.0 Å². The van der Waals surface area contributed by atoms with Crippen molar-refractivity contribution in [3.63, 3.8) is 0 Å². The van der Waals surface area contributed by atoms with Gasteiger partial charge in [0.25, 0.3) is 0 Å². The average Bonchev–Trinajstić information content (AvgIpc) is 2.92. The van der Waals surface area contributed by atoms with Crippen LogP contribution >= 0.6 is 11.6 Å². The maximum atomic E-state index is 13.6. The van der Waals surface area contributed by atoms with Crippen LogP contribution < -0.4 is 10.2 Å². The maximum absolute atomic E-state index is 13.6. The summed E-state index contributed by atoms with van der Waals surface area (Å²) < 4.78 is 13.6. The Morgan fingerprint density at radius 3 is 2.73 bits per heavy atom. The summed E-state index contributed by atoms with van der Waals surface area (Å²) in [5.41, 5.74) is 0.447. The van der Waals surface area contributed by atoms with Crippen molar-refractivity contribution in [2.75, 3.05) is 37.6 Å². The number of anilines is 1. The minimum absolute atomic E-state index is 0.00628. The first-order chi connectivity index (χ1) is 10.6. The van der Waals surface area contributed by atoms with Crippen LogP contribution in [0.25, 0.3) is 0 Å². The fourth-order valence-corrected chi connectivity index (χ4v) is 3.04. The number of amides is 2. The molecule has 7 heteroatoms. The van der Waals surface area contributed by atoms with Crippen molar-refractivity contribution >= 4 is 29.1 Å². The normalized spacial score (nSPS) is 22.3. The summed E-state index contributed by atoms with van der Waals surface area (Å²) in [6, 6.07) is 4.25. The first-order valence-electron chi connectivity index (χ1n) is 7.31. The number of hydrogen-bond donors (Lipinski definition) is 1. The average molecular weight is 326 g/mol. The van der Waals surface area contributed by atoms with Gasteiger partial charge in [0.15, 0.2) is 0 Å². The third kappa shape index (κ3) is 2.94. The van der Waals surface area contributed by atoms with E-state index in [-0.39, 0.29) is 29.2 Å². The molecule has 1 aromatic rings. The van der Waals surface area contributed by atoms with Gasteiger partial charge in [0.05, 0.1) is 10.9 Å². The molecular formula is C15H17ClFN3O2. The summed E-state index contributed by atoms with van der Waals surface area (Å²) in [6.45, 7) is 3.18.